The predicted octanol–water partition coefficient (Wildman–Crippen LogP) is 5.04. The van der Waals surface area contributed by atoms with Crippen LogP contribution in [0.1, 0.15) is 11.3 Å². The highest BCUT2D eigenvalue weighted by Crippen LogP contribution is 2.22. The molecule has 0 saturated carbocycles. The van der Waals surface area contributed by atoms with Crippen LogP contribution in [0.25, 0.3) is 27.2 Å². The van der Waals surface area contributed by atoms with E-state index in [1.807, 2.05) is 30.3 Å². The summed E-state index contributed by atoms with van der Waals surface area (Å²) < 4.78 is 1.32. The van der Waals surface area contributed by atoms with Crippen LogP contribution < -0.4 is 5.56 Å². The molecule has 0 spiro atoms. The molecule has 6 nitrogen and oxygen atoms in total. The van der Waals surface area contributed by atoms with E-state index in [0.29, 0.717) is 17.5 Å². The summed E-state index contributed by atoms with van der Waals surface area (Å²) in [5.41, 5.74) is 2.05. The van der Waals surface area contributed by atoms with Gasteiger partial charge in [0.15, 0.2) is 0 Å². The number of hydrogen-bond donors (Lipinski definition) is 0. The smallest absolute Gasteiger partial charge is 0.267 e. The average Bonchev–Trinajstić information content (AvgIpc) is 2.81. The molecule has 0 N–H and O–H groups in total. The largest absolute Gasteiger partial charge is 0.279 e. The number of rotatable bonds is 4. The lowest BCUT2D eigenvalue weighted by Gasteiger charge is -2.12. The second-order valence-corrected chi connectivity index (χ2v) is 7.34. The predicted molar refractivity (Wildman–Crippen MR) is 121 cm³/mol. The third kappa shape index (κ3) is 3.44. The third-order valence-corrected chi connectivity index (χ3v) is 5.37. The Morgan fingerprint density at radius 3 is 2.23 bits per heavy atom. The van der Waals surface area contributed by atoms with Crippen LogP contribution in [0, 0.1) is 10.1 Å². The Hall–Kier alpha value is -4.32. The van der Waals surface area contributed by atoms with Crippen LogP contribution in [-0.4, -0.2) is 14.7 Å². The van der Waals surface area contributed by atoms with Gasteiger partial charge in [0.2, 0.25) is 0 Å². The first-order valence-corrected chi connectivity index (χ1v) is 9.83. The first kappa shape index (κ1) is 18.7. The summed E-state index contributed by atoms with van der Waals surface area (Å²) >= 11 is 0. The molecular weight excluding hydrogens is 390 g/mol. The Kier molecular flexibility index (Phi) is 4.52. The molecule has 0 atom stereocenters. The zero-order valence-electron chi connectivity index (χ0n) is 16.4. The maximum atomic E-state index is 13.1. The molecular formula is C25H17N3O3. The van der Waals surface area contributed by atoms with Gasteiger partial charge in [0.1, 0.15) is 0 Å². The zero-order valence-corrected chi connectivity index (χ0v) is 16.4. The van der Waals surface area contributed by atoms with Crippen molar-refractivity contribution in [1.82, 2.24) is 9.78 Å². The van der Waals surface area contributed by atoms with Gasteiger partial charge in [0.05, 0.1) is 21.7 Å². The summed E-state index contributed by atoms with van der Waals surface area (Å²) in [6, 6.07) is 27.7. The molecule has 0 aliphatic heterocycles. The Morgan fingerprint density at radius 2 is 1.48 bits per heavy atom. The number of nitrogens with zero attached hydrogens (tertiary/aromatic N) is 3. The Labute approximate surface area is 177 Å². The standard InChI is InChI=1S/C25H17N3O3/c29-25-23-8-4-3-7-22(23)24(16-17-9-10-18-5-1-2-6-19(18)15-17)26-27(25)20-11-13-21(14-12-20)28(30)31/h1-15H,16H2. The van der Waals surface area contributed by atoms with Crippen LogP contribution in [0.5, 0.6) is 0 Å². The molecule has 0 bridgehead atoms. The van der Waals surface area contributed by atoms with Gasteiger partial charge in [-0.05, 0) is 34.5 Å². The van der Waals surface area contributed by atoms with Crippen molar-refractivity contribution in [3.8, 4) is 5.69 Å². The number of non-ortho nitro benzene ring substituents is 1. The van der Waals surface area contributed by atoms with Crippen molar-refractivity contribution < 1.29 is 4.92 Å². The van der Waals surface area contributed by atoms with Crippen molar-refractivity contribution in [2.75, 3.05) is 0 Å². The molecule has 0 amide bonds. The average molecular weight is 407 g/mol. The Morgan fingerprint density at radius 1 is 0.806 bits per heavy atom. The lowest BCUT2D eigenvalue weighted by atomic mass is 10.0. The number of benzene rings is 4. The van der Waals surface area contributed by atoms with Crippen molar-refractivity contribution >= 4 is 27.2 Å². The van der Waals surface area contributed by atoms with Gasteiger partial charge >= 0.3 is 0 Å². The monoisotopic (exact) mass is 407 g/mol. The van der Waals surface area contributed by atoms with Gasteiger partial charge < -0.3 is 0 Å². The van der Waals surface area contributed by atoms with E-state index in [1.165, 1.54) is 22.2 Å². The highest BCUT2D eigenvalue weighted by atomic mass is 16.6. The van der Waals surface area contributed by atoms with Crippen molar-refractivity contribution in [3.63, 3.8) is 0 Å². The number of hydrogen-bond acceptors (Lipinski definition) is 4. The highest BCUT2D eigenvalue weighted by molar-refractivity contribution is 5.85. The van der Waals surface area contributed by atoms with Crippen LogP contribution in [-0.2, 0) is 6.42 Å². The number of nitro benzene ring substituents is 1. The molecule has 1 aromatic heterocycles. The van der Waals surface area contributed by atoms with Crippen LogP contribution in [0.15, 0.2) is 95.8 Å². The third-order valence-electron chi connectivity index (χ3n) is 5.37. The van der Waals surface area contributed by atoms with Crippen LogP contribution >= 0.6 is 0 Å². The van der Waals surface area contributed by atoms with E-state index >= 15 is 0 Å². The second kappa shape index (κ2) is 7.50. The molecule has 31 heavy (non-hydrogen) atoms. The van der Waals surface area contributed by atoms with Gasteiger partial charge in [-0.15, -0.1) is 0 Å². The molecule has 0 fully saturated rings. The minimum Gasteiger partial charge on any atom is -0.267 e. The molecule has 1 heterocycles. The van der Waals surface area contributed by atoms with Crippen molar-refractivity contribution in [2.45, 2.75) is 6.42 Å². The Balaban J connectivity index is 1.65. The SMILES string of the molecule is O=c1c2ccccc2c(Cc2ccc3ccccc3c2)nn1-c1ccc([N+](=O)[O-])cc1. The van der Waals surface area contributed by atoms with Crippen LogP contribution in [0.3, 0.4) is 0 Å². The van der Waals surface area contributed by atoms with Gasteiger partial charge in [0.25, 0.3) is 11.2 Å². The number of fused-ring (bicyclic) bond motifs is 2. The van der Waals surface area contributed by atoms with Crippen LogP contribution in [0.2, 0.25) is 0 Å². The van der Waals surface area contributed by atoms with Gasteiger partial charge in [-0.25, -0.2) is 0 Å². The summed E-state index contributed by atoms with van der Waals surface area (Å²) in [4.78, 5) is 23.6. The summed E-state index contributed by atoms with van der Waals surface area (Å²) in [5, 5.41) is 19.3. The second-order valence-electron chi connectivity index (χ2n) is 7.34. The summed E-state index contributed by atoms with van der Waals surface area (Å²) in [5.74, 6) is 0. The molecule has 0 saturated heterocycles. The summed E-state index contributed by atoms with van der Waals surface area (Å²) in [6.07, 6.45) is 0.554. The highest BCUT2D eigenvalue weighted by Gasteiger charge is 2.13. The van der Waals surface area contributed by atoms with Gasteiger partial charge in [-0.1, -0.05) is 60.7 Å². The normalized spacial score (nSPS) is 11.1. The van der Waals surface area contributed by atoms with Crippen LogP contribution in [0.4, 0.5) is 5.69 Å². The van der Waals surface area contributed by atoms with E-state index in [1.54, 1.807) is 18.2 Å². The molecule has 0 aliphatic carbocycles. The Bertz CT molecular complexity index is 1500. The van der Waals surface area contributed by atoms with E-state index in [-0.39, 0.29) is 11.2 Å². The molecule has 5 rings (SSSR count). The molecule has 0 unspecified atom stereocenters. The fourth-order valence-electron chi connectivity index (χ4n) is 3.82. The minimum absolute atomic E-state index is 0.0334. The van der Waals surface area contributed by atoms with E-state index in [0.717, 1.165) is 22.0 Å². The molecule has 5 aromatic rings. The summed E-state index contributed by atoms with van der Waals surface area (Å²) in [7, 11) is 0. The first-order valence-electron chi connectivity index (χ1n) is 9.83. The number of aromatic nitrogens is 2. The van der Waals surface area contributed by atoms with E-state index in [4.69, 9.17) is 0 Å². The maximum Gasteiger partial charge on any atom is 0.279 e. The lowest BCUT2D eigenvalue weighted by molar-refractivity contribution is -0.384. The van der Waals surface area contributed by atoms with E-state index in [2.05, 4.69) is 35.4 Å². The van der Waals surface area contributed by atoms with Crippen molar-refractivity contribution in [1.29, 1.82) is 0 Å². The summed E-state index contributed by atoms with van der Waals surface area (Å²) in [6.45, 7) is 0. The zero-order chi connectivity index (χ0) is 21.4. The molecule has 0 aliphatic rings. The maximum absolute atomic E-state index is 13.1. The fourth-order valence-corrected chi connectivity index (χ4v) is 3.82. The molecule has 6 heteroatoms. The van der Waals surface area contributed by atoms with Gasteiger partial charge in [-0.3, -0.25) is 14.9 Å². The first-order chi connectivity index (χ1) is 15.1. The van der Waals surface area contributed by atoms with Gasteiger partial charge in [0, 0.05) is 23.9 Å². The van der Waals surface area contributed by atoms with E-state index < -0.39 is 4.92 Å². The molecule has 4 aromatic carbocycles. The number of nitro groups is 1. The molecule has 150 valence electrons. The van der Waals surface area contributed by atoms with E-state index in [9.17, 15) is 14.9 Å². The molecule has 0 radical (unpaired) electrons. The van der Waals surface area contributed by atoms with Crippen molar-refractivity contribution in [2.24, 2.45) is 0 Å². The topological polar surface area (TPSA) is 78.0 Å². The quantitative estimate of drug-likeness (QED) is 0.309. The minimum atomic E-state index is -0.467. The lowest BCUT2D eigenvalue weighted by Crippen LogP contribution is -2.23. The van der Waals surface area contributed by atoms with Gasteiger partial charge in [-0.2, -0.15) is 9.78 Å². The van der Waals surface area contributed by atoms with Crippen molar-refractivity contribution in [3.05, 3.63) is 123 Å². The fraction of sp³-hybridized carbons (Fsp3) is 0.0400.